The minimum atomic E-state index is -1.44. The number of nitrogens with two attached hydrogens (primary N) is 1. The van der Waals surface area contributed by atoms with Crippen molar-refractivity contribution in [2.24, 2.45) is 5.73 Å². The van der Waals surface area contributed by atoms with Gasteiger partial charge in [-0.2, -0.15) is 4.98 Å². The van der Waals surface area contributed by atoms with Crippen molar-refractivity contribution in [1.82, 2.24) is 9.55 Å². The Bertz CT molecular complexity index is 723. The monoisotopic (exact) mass is 372 g/mol. The van der Waals surface area contributed by atoms with Crippen molar-refractivity contribution in [1.29, 1.82) is 0 Å². The second kappa shape index (κ2) is 8.33. The Morgan fingerprint density at radius 1 is 1.38 bits per heavy atom. The van der Waals surface area contributed by atoms with Gasteiger partial charge in [0.1, 0.15) is 30.2 Å². The van der Waals surface area contributed by atoms with E-state index in [4.69, 9.17) is 20.7 Å². The van der Waals surface area contributed by atoms with Gasteiger partial charge in [-0.3, -0.25) is 14.2 Å². The molecule has 0 saturated carbocycles. The topological polar surface area (TPSA) is 197 Å². The molecule has 0 aromatic carbocycles. The molecule has 1 aromatic heterocycles. The molecule has 26 heavy (non-hydrogen) atoms. The average molecular weight is 372 g/mol. The van der Waals surface area contributed by atoms with Crippen LogP contribution in [0.4, 0.5) is 5.82 Å². The lowest BCUT2D eigenvalue weighted by Crippen LogP contribution is -2.36. The van der Waals surface area contributed by atoms with E-state index < -0.39 is 54.8 Å². The first kappa shape index (κ1) is 19.9. The maximum atomic E-state index is 12.1. The van der Waals surface area contributed by atoms with E-state index in [-0.39, 0.29) is 18.7 Å². The van der Waals surface area contributed by atoms with Gasteiger partial charge in [0, 0.05) is 12.6 Å². The van der Waals surface area contributed by atoms with Crippen molar-refractivity contribution >= 4 is 17.7 Å². The molecule has 0 aliphatic carbocycles. The molecule has 0 radical (unpaired) electrons. The van der Waals surface area contributed by atoms with Gasteiger partial charge in [-0.15, -0.1) is 0 Å². The second-order valence-electron chi connectivity index (χ2n) is 5.76. The lowest BCUT2D eigenvalue weighted by Gasteiger charge is -2.17. The number of anilines is 1. The van der Waals surface area contributed by atoms with Crippen LogP contribution in [-0.2, 0) is 14.3 Å². The quantitative estimate of drug-likeness (QED) is 0.286. The van der Waals surface area contributed by atoms with Crippen LogP contribution in [0.5, 0.6) is 0 Å². The Kier molecular flexibility index (Phi) is 6.39. The fraction of sp³-hybridized carbons (Fsp3) is 0.571. The Labute approximate surface area is 146 Å². The maximum Gasteiger partial charge on any atom is 0.351 e. The highest BCUT2D eigenvalue weighted by Gasteiger charge is 2.43. The third-order valence-corrected chi connectivity index (χ3v) is 3.89. The van der Waals surface area contributed by atoms with Crippen LogP contribution >= 0.6 is 0 Å². The first-order valence-corrected chi connectivity index (χ1v) is 7.74. The number of nitrogens with one attached hydrogen (secondary N) is 1. The molecule has 7 N–H and O–H groups in total. The molecule has 0 bridgehead atoms. The van der Waals surface area contributed by atoms with Crippen LogP contribution in [0.3, 0.4) is 0 Å². The number of nitrogens with zero attached hydrogens (tertiary/aromatic N) is 2. The van der Waals surface area contributed by atoms with Crippen LogP contribution in [0.1, 0.15) is 19.1 Å². The summed E-state index contributed by atoms with van der Waals surface area (Å²) in [6.07, 6.45) is -4.14. The summed E-state index contributed by atoms with van der Waals surface area (Å²) in [5.74, 6) is -1.87. The number of hydrogen-bond acceptors (Lipinski definition) is 9. The van der Waals surface area contributed by atoms with Crippen molar-refractivity contribution in [3.63, 3.8) is 0 Å². The van der Waals surface area contributed by atoms with Gasteiger partial charge in [0.25, 0.3) is 0 Å². The van der Waals surface area contributed by atoms with Crippen LogP contribution in [0.25, 0.3) is 0 Å². The molecule has 1 amide bonds. The fourth-order valence-electron chi connectivity index (χ4n) is 2.40. The molecule has 0 spiro atoms. The molecule has 1 aromatic rings. The summed E-state index contributed by atoms with van der Waals surface area (Å²) in [7, 11) is 0. The van der Waals surface area contributed by atoms with Crippen molar-refractivity contribution in [2.45, 2.75) is 43.4 Å². The zero-order valence-electron chi connectivity index (χ0n) is 13.6. The number of hydrogen-bond donors (Lipinski definition) is 6. The Hall–Kier alpha value is -2.38. The minimum Gasteiger partial charge on any atom is -0.480 e. The summed E-state index contributed by atoms with van der Waals surface area (Å²) >= 11 is 0. The number of carbonyl (C=O) groups excluding carboxylic acids is 1. The zero-order valence-corrected chi connectivity index (χ0v) is 13.6. The summed E-state index contributed by atoms with van der Waals surface area (Å²) < 4.78 is 6.14. The molecule has 2 heterocycles. The van der Waals surface area contributed by atoms with Crippen molar-refractivity contribution in [3.05, 3.63) is 22.7 Å². The predicted octanol–water partition coefficient (Wildman–Crippen LogP) is -3.01. The normalized spacial score (nSPS) is 26.5. The molecule has 1 aliphatic heterocycles. The smallest absolute Gasteiger partial charge is 0.351 e. The number of carboxylic acid groups (broad SMARTS) is 1. The highest BCUT2D eigenvalue weighted by atomic mass is 16.6. The van der Waals surface area contributed by atoms with E-state index in [1.807, 2.05) is 0 Å². The van der Waals surface area contributed by atoms with E-state index in [1.165, 1.54) is 12.3 Å². The third kappa shape index (κ3) is 4.42. The van der Waals surface area contributed by atoms with Gasteiger partial charge in [0.15, 0.2) is 6.23 Å². The van der Waals surface area contributed by atoms with Crippen molar-refractivity contribution < 1.29 is 34.8 Å². The highest BCUT2D eigenvalue weighted by molar-refractivity contribution is 5.90. The number of rotatable bonds is 7. The molecule has 5 atom stereocenters. The van der Waals surface area contributed by atoms with Gasteiger partial charge >= 0.3 is 11.7 Å². The number of carboxylic acids is 1. The summed E-state index contributed by atoms with van der Waals surface area (Å²) in [6, 6.07) is 0.0964. The Morgan fingerprint density at radius 2 is 2.08 bits per heavy atom. The number of aliphatic carboxylic acids is 1. The second-order valence-corrected chi connectivity index (χ2v) is 5.76. The number of amides is 1. The van der Waals surface area contributed by atoms with Crippen LogP contribution in [0.2, 0.25) is 0 Å². The molecule has 1 saturated heterocycles. The van der Waals surface area contributed by atoms with Crippen LogP contribution in [-0.4, -0.2) is 72.8 Å². The van der Waals surface area contributed by atoms with Gasteiger partial charge in [-0.05, 0) is 12.5 Å². The van der Waals surface area contributed by atoms with Crippen LogP contribution < -0.4 is 16.7 Å². The number of aliphatic hydroxyl groups is 3. The summed E-state index contributed by atoms with van der Waals surface area (Å²) in [4.78, 5) is 38.0. The lowest BCUT2D eigenvalue weighted by molar-refractivity contribution is -0.138. The number of aliphatic hydroxyl groups excluding tert-OH is 3. The highest BCUT2D eigenvalue weighted by Crippen LogP contribution is 2.28. The molecule has 2 rings (SSSR count). The summed E-state index contributed by atoms with van der Waals surface area (Å²) in [5.41, 5.74) is 4.43. The first-order valence-electron chi connectivity index (χ1n) is 7.74. The molecular formula is C14H20N4O8. The predicted molar refractivity (Wildman–Crippen MR) is 85.0 cm³/mol. The molecule has 2 unspecified atom stereocenters. The van der Waals surface area contributed by atoms with E-state index in [0.717, 1.165) is 4.57 Å². The third-order valence-electron chi connectivity index (χ3n) is 3.89. The molecule has 12 nitrogen and oxygen atoms in total. The summed E-state index contributed by atoms with van der Waals surface area (Å²) in [5, 5.41) is 39.7. The maximum absolute atomic E-state index is 12.1. The first-order chi connectivity index (χ1) is 12.2. The van der Waals surface area contributed by atoms with Gasteiger partial charge in [0.05, 0.1) is 6.61 Å². The largest absolute Gasteiger partial charge is 0.480 e. The van der Waals surface area contributed by atoms with E-state index in [1.54, 1.807) is 0 Å². The van der Waals surface area contributed by atoms with E-state index >= 15 is 0 Å². The molecule has 1 fully saturated rings. The van der Waals surface area contributed by atoms with Gasteiger partial charge in [-0.25, -0.2) is 4.79 Å². The van der Waals surface area contributed by atoms with Gasteiger partial charge in [-0.1, -0.05) is 0 Å². The van der Waals surface area contributed by atoms with E-state index in [9.17, 15) is 24.6 Å². The van der Waals surface area contributed by atoms with Crippen molar-refractivity contribution in [3.8, 4) is 0 Å². The Morgan fingerprint density at radius 3 is 2.62 bits per heavy atom. The number of ether oxygens (including phenoxy) is 1. The lowest BCUT2D eigenvalue weighted by atomic mass is 10.1. The molecular weight excluding hydrogens is 352 g/mol. The molecule has 12 heteroatoms. The van der Waals surface area contributed by atoms with Crippen LogP contribution in [0, 0.1) is 0 Å². The van der Waals surface area contributed by atoms with E-state index in [2.05, 4.69) is 10.3 Å². The van der Waals surface area contributed by atoms with Gasteiger partial charge < -0.3 is 36.2 Å². The van der Waals surface area contributed by atoms with Gasteiger partial charge in [0.2, 0.25) is 5.91 Å². The fourth-order valence-corrected chi connectivity index (χ4v) is 2.40. The molecule has 1 aliphatic rings. The minimum absolute atomic E-state index is 0.0770. The Balaban J connectivity index is 2.02. The zero-order chi connectivity index (χ0) is 19.4. The van der Waals surface area contributed by atoms with Crippen LogP contribution in [0.15, 0.2) is 17.1 Å². The van der Waals surface area contributed by atoms with Crippen molar-refractivity contribution in [2.75, 3.05) is 11.9 Å². The number of aromatic nitrogens is 2. The van der Waals surface area contributed by atoms with E-state index in [0.29, 0.717) is 0 Å². The standard InChI is InChI=1S/C14H20N4O8/c15-6(13(23)24)1-2-9(20)16-8-3-4-18(14(25)17-8)12-11(22)10(21)7(5-19)26-12/h3-4,6-7,10-12,19,21-22H,1-2,5,15H2,(H,23,24)(H,16,17,20,25)/t6?,7-,10+,11?,12-/m1/s1. The number of carbonyl (C=O) groups is 2. The average Bonchev–Trinajstić information content (AvgIpc) is 2.87. The molecule has 144 valence electrons. The summed E-state index contributed by atoms with van der Waals surface area (Å²) in [6.45, 7) is -0.538. The SMILES string of the molecule is NC(CCC(=O)Nc1ccn([C@@H]2O[C@H](CO)[C@H](O)C2O)c(=O)n1)C(=O)O.